The third kappa shape index (κ3) is 2.62. The van der Waals surface area contributed by atoms with Crippen molar-refractivity contribution in [2.24, 2.45) is 0 Å². The largest absolute Gasteiger partial charge is 0.463 e. The maximum Gasteiger partial charge on any atom is 0.376 e. The van der Waals surface area contributed by atoms with Crippen LogP contribution in [0.2, 0.25) is 4.34 Å². The summed E-state index contributed by atoms with van der Waals surface area (Å²) in [5, 5.41) is 0. The number of aryl methyl sites for hydroxylation is 1. The van der Waals surface area contributed by atoms with Gasteiger partial charge in [-0.15, -0.1) is 11.3 Å². The van der Waals surface area contributed by atoms with Gasteiger partial charge >= 0.3 is 5.97 Å². The Hall–Kier alpha value is -1.46. The Balaban J connectivity index is 2.48. The number of methoxy groups -OCH3 is 1. The van der Waals surface area contributed by atoms with Crippen molar-refractivity contribution in [3.8, 4) is 10.6 Å². The highest BCUT2D eigenvalue weighted by atomic mass is 35.5. The van der Waals surface area contributed by atoms with E-state index in [0.717, 1.165) is 4.88 Å². The number of thiophene rings is 1. The lowest BCUT2D eigenvalue weighted by Crippen LogP contribution is -2.08. The van der Waals surface area contributed by atoms with Gasteiger partial charge in [-0.1, -0.05) is 11.6 Å². The molecule has 0 aliphatic rings. The number of halogens is 1. The van der Waals surface area contributed by atoms with E-state index in [0.29, 0.717) is 15.7 Å². The first kappa shape index (κ1) is 12.0. The Morgan fingerprint density at radius 1 is 1.41 bits per heavy atom. The lowest BCUT2D eigenvalue weighted by atomic mass is 10.3. The van der Waals surface area contributed by atoms with Gasteiger partial charge in [0.25, 0.3) is 0 Å². The molecule has 2 aromatic rings. The van der Waals surface area contributed by atoms with Crippen LogP contribution >= 0.6 is 22.9 Å². The second kappa shape index (κ2) is 4.81. The van der Waals surface area contributed by atoms with Gasteiger partial charge in [-0.2, -0.15) is 0 Å². The molecule has 0 aromatic carbocycles. The smallest absolute Gasteiger partial charge is 0.376 e. The van der Waals surface area contributed by atoms with E-state index in [9.17, 15) is 4.79 Å². The highest BCUT2D eigenvalue weighted by Crippen LogP contribution is 2.29. The van der Waals surface area contributed by atoms with Crippen LogP contribution in [0.1, 0.15) is 16.3 Å². The van der Waals surface area contributed by atoms with Crippen LogP contribution in [0.4, 0.5) is 0 Å². The molecule has 0 aliphatic carbocycles. The predicted molar refractivity (Wildman–Crippen MR) is 66.4 cm³/mol. The van der Waals surface area contributed by atoms with Gasteiger partial charge in [0.1, 0.15) is 0 Å². The molecule has 0 saturated heterocycles. The molecule has 88 valence electrons. The molecule has 2 aromatic heterocycles. The van der Waals surface area contributed by atoms with Crippen molar-refractivity contribution in [1.82, 2.24) is 9.97 Å². The number of rotatable bonds is 2. The highest BCUT2D eigenvalue weighted by Gasteiger charge is 2.13. The number of nitrogens with zero attached hydrogens (tertiary/aromatic N) is 2. The Morgan fingerprint density at radius 3 is 2.76 bits per heavy atom. The molecule has 0 saturated carbocycles. The number of ether oxygens (including phenoxy) is 1. The Morgan fingerprint density at radius 2 is 2.18 bits per heavy atom. The summed E-state index contributed by atoms with van der Waals surface area (Å²) in [7, 11) is 1.30. The number of hydrogen-bond donors (Lipinski definition) is 0. The highest BCUT2D eigenvalue weighted by molar-refractivity contribution is 7.19. The van der Waals surface area contributed by atoms with Gasteiger partial charge in [0.05, 0.1) is 22.0 Å². The van der Waals surface area contributed by atoms with Crippen LogP contribution in [-0.4, -0.2) is 23.0 Å². The number of esters is 1. The number of hydrogen-bond acceptors (Lipinski definition) is 5. The molecule has 2 heterocycles. The van der Waals surface area contributed by atoms with E-state index in [1.807, 2.05) is 6.07 Å². The van der Waals surface area contributed by atoms with E-state index in [1.54, 1.807) is 19.1 Å². The average Bonchev–Trinajstić information content (AvgIpc) is 2.74. The zero-order valence-corrected chi connectivity index (χ0v) is 10.8. The lowest BCUT2D eigenvalue weighted by Gasteiger charge is -2.02. The molecule has 0 aliphatic heterocycles. The maximum absolute atomic E-state index is 11.4. The summed E-state index contributed by atoms with van der Waals surface area (Å²) in [6.45, 7) is 1.80. The molecule has 0 amide bonds. The molecule has 0 bridgehead atoms. The van der Waals surface area contributed by atoms with Crippen LogP contribution in [0.5, 0.6) is 0 Å². The summed E-state index contributed by atoms with van der Waals surface area (Å²) >= 11 is 7.26. The average molecular weight is 269 g/mol. The molecular formula is C11H9ClN2O2S. The quantitative estimate of drug-likeness (QED) is 0.786. The van der Waals surface area contributed by atoms with Crippen molar-refractivity contribution in [3.05, 3.63) is 34.1 Å². The lowest BCUT2D eigenvalue weighted by molar-refractivity contribution is 0.0586. The van der Waals surface area contributed by atoms with Crippen LogP contribution in [0, 0.1) is 6.92 Å². The van der Waals surface area contributed by atoms with Crippen LogP contribution in [-0.2, 0) is 4.74 Å². The fraction of sp³-hybridized carbons (Fsp3) is 0.182. The second-order valence-corrected chi connectivity index (χ2v) is 5.03. The summed E-state index contributed by atoms with van der Waals surface area (Å²) < 4.78 is 5.28. The standard InChI is InChI=1S/C11H9ClN2O2S/c1-6-5-7(8-3-4-9(12)17-8)14-10(13-6)11(15)16-2/h3-5H,1-2H3. The Kier molecular flexibility index (Phi) is 3.40. The van der Waals surface area contributed by atoms with E-state index < -0.39 is 5.97 Å². The van der Waals surface area contributed by atoms with Gasteiger partial charge < -0.3 is 4.74 Å². The molecular weight excluding hydrogens is 260 g/mol. The van der Waals surface area contributed by atoms with Crippen molar-refractivity contribution < 1.29 is 9.53 Å². The Bertz CT molecular complexity index is 568. The molecule has 4 nitrogen and oxygen atoms in total. The van der Waals surface area contributed by atoms with E-state index in [-0.39, 0.29) is 5.82 Å². The Labute approximate surface area is 107 Å². The van der Waals surface area contributed by atoms with Gasteiger partial charge in [-0.05, 0) is 25.1 Å². The van der Waals surface area contributed by atoms with Gasteiger partial charge in [0.15, 0.2) is 0 Å². The fourth-order valence-electron chi connectivity index (χ4n) is 1.33. The van der Waals surface area contributed by atoms with E-state index in [4.69, 9.17) is 11.6 Å². The first-order valence-electron chi connectivity index (χ1n) is 4.80. The van der Waals surface area contributed by atoms with Crippen LogP contribution in [0.3, 0.4) is 0 Å². The molecule has 0 N–H and O–H groups in total. The second-order valence-electron chi connectivity index (χ2n) is 3.31. The van der Waals surface area contributed by atoms with Crippen molar-refractivity contribution >= 4 is 28.9 Å². The van der Waals surface area contributed by atoms with Crippen molar-refractivity contribution in [1.29, 1.82) is 0 Å². The van der Waals surface area contributed by atoms with Crippen LogP contribution in [0.15, 0.2) is 18.2 Å². The summed E-state index contributed by atoms with van der Waals surface area (Å²) in [4.78, 5) is 20.5. The van der Waals surface area contributed by atoms with E-state index >= 15 is 0 Å². The molecule has 0 atom stereocenters. The molecule has 17 heavy (non-hydrogen) atoms. The van der Waals surface area contributed by atoms with Crippen molar-refractivity contribution in [2.75, 3.05) is 7.11 Å². The SMILES string of the molecule is COC(=O)c1nc(C)cc(-c2ccc(Cl)s2)n1. The third-order valence-electron chi connectivity index (χ3n) is 2.05. The third-order valence-corrected chi connectivity index (χ3v) is 3.30. The summed E-state index contributed by atoms with van der Waals surface area (Å²) in [6, 6.07) is 5.45. The monoisotopic (exact) mass is 268 g/mol. The minimum atomic E-state index is -0.544. The molecule has 0 radical (unpaired) electrons. The van der Waals surface area contributed by atoms with Gasteiger partial charge in [-0.3, -0.25) is 0 Å². The minimum absolute atomic E-state index is 0.0621. The maximum atomic E-state index is 11.4. The van der Waals surface area contributed by atoms with Crippen LogP contribution in [0.25, 0.3) is 10.6 Å². The topological polar surface area (TPSA) is 52.1 Å². The zero-order valence-electron chi connectivity index (χ0n) is 9.23. The van der Waals surface area contributed by atoms with Crippen LogP contribution < -0.4 is 0 Å². The normalized spacial score (nSPS) is 10.3. The number of carbonyl (C=O) groups is 1. The molecule has 6 heteroatoms. The molecule has 0 unspecified atom stereocenters. The van der Waals surface area contributed by atoms with Gasteiger partial charge in [0, 0.05) is 5.69 Å². The van der Waals surface area contributed by atoms with Gasteiger partial charge in [-0.25, -0.2) is 14.8 Å². The first-order chi connectivity index (χ1) is 8.10. The minimum Gasteiger partial charge on any atom is -0.463 e. The number of carbonyl (C=O) groups excluding carboxylic acids is 1. The van der Waals surface area contributed by atoms with E-state index in [1.165, 1.54) is 18.4 Å². The fourth-order valence-corrected chi connectivity index (χ4v) is 2.33. The summed E-state index contributed by atoms with van der Waals surface area (Å²) in [5.74, 6) is -0.482. The molecule has 2 rings (SSSR count). The van der Waals surface area contributed by atoms with Gasteiger partial charge in [0.2, 0.25) is 5.82 Å². The predicted octanol–water partition coefficient (Wildman–Crippen LogP) is 2.95. The summed E-state index contributed by atoms with van der Waals surface area (Å²) in [6.07, 6.45) is 0. The molecule has 0 spiro atoms. The first-order valence-corrected chi connectivity index (χ1v) is 5.99. The summed E-state index contributed by atoms with van der Waals surface area (Å²) in [5.41, 5.74) is 1.38. The van der Waals surface area contributed by atoms with E-state index in [2.05, 4.69) is 14.7 Å². The molecule has 0 fully saturated rings. The van der Waals surface area contributed by atoms with Crippen molar-refractivity contribution in [2.45, 2.75) is 6.92 Å². The number of aromatic nitrogens is 2. The zero-order chi connectivity index (χ0) is 12.4. The van der Waals surface area contributed by atoms with Crippen molar-refractivity contribution in [3.63, 3.8) is 0 Å².